The van der Waals surface area contributed by atoms with Crippen molar-refractivity contribution in [2.24, 2.45) is 11.8 Å². The maximum atomic E-state index is 13.6. The van der Waals surface area contributed by atoms with Crippen LogP contribution < -0.4 is 10.9 Å². The van der Waals surface area contributed by atoms with Gasteiger partial charge >= 0.3 is 5.97 Å². The summed E-state index contributed by atoms with van der Waals surface area (Å²) in [5.74, 6) is -0.135. The van der Waals surface area contributed by atoms with Gasteiger partial charge in [0.1, 0.15) is 11.8 Å². The molecule has 0 spiro atoms. The summed E-state index contributed by atoms with van der Waals surface area (Å²) in [7, 11) is 0. The first-order chi connectivity index (χ1) is 18.0. The molecule has 8 heteroatoms. The van der Waals surface area contributed by atoms with E-state index in [-0.39, 0.29) is 46.9 Å². The molecule has 37 heavy (non-hydrogen) atoms. The maximum absolute atomic E-state index is 13.6. The summed E-state index contributed by atoms with van der Waals surface area (Å²) in [4.78, 5) is 37.5. The first-order valence-electron chi connectivity index (χ1n) is 12.9. The summed E-state index contributed by atoms with van der Waals surface area (Å²) in [5.41, 5.74) is 3.17. The molecule has 7 nitrogen and oxygen atoms in total. The van der Waals surface area contributed by atoms with Crippen LogP contribution in [0.15, 0.2) is 65.5 Å². The lowest BCUT2D eigenvalue weighted by molar-refractivity contribution is -0.146. The molecule has 2 aliphatic carbocycles. The van der Waals surface area contributed by atoms with Crippen molar-refractivity contribution in [3.63, 3.8) is 0 Å². The molecule has 0 saturated heterocycles. The largest absolute Gasteiger partial charge is 0.461 e. The van der Waals surface area contributed by atoms with E-state index in [2.05, 4.69) is 10.4 Å². The van der Waals surface area contributed by atoms with Crippen molar-refractivity contribution in [3.8, 4) is 0 Å². The van der Waals surface area contributed by atoms with Gasteiger partial charge in [-0.25, -0.2) is 4.68 Å². The number of carbonyl (C=O) groups is 2. The Kier molecular flexibility index (Phi) is 7.70. The van der Waals surface area contributed by atoms with Crippen LogP contribution in [0, 0.1) is 11.8 Å². The number of nitrogens with one attached hydrogen (secondary N) is 1. The summed E-state index contributed by atoms with van der Waals surface area (Å²) in [6, 6.07) is 18.2. The minimum atomic E-state index is -0.278. The summed E-state index contributed by atoms with van der Waals surface area (Å²) in [6.07, 6.45) is 6.09. The van der Waals surface area contributed by atoms with Crippen molar-refractivity contribution in [3.05, 3.63) is 92.9 Å². The van der Waals surface area contributed by atoms with Gasteiger partial charge in [-0.3, -0.25) is 14.4 Å². The summed E-state index contributed by atoms with van der Waals surface area (Å²) in [5, 5.41) is 7.45. The van der Waals surface area contributed by atoms with Crippen molar-refractivity contribution in [1.29, 1.82) is 0 Å². The van der Waals surface area contributed by atoms with E-state index in [0.717, 1.165) is 55.2 Å². The molecule has 0 radical (unpaired) electrons. The van der Waals surface area contributed by atoms with Gasteiger partial charge in [-0.05, 0) is 66.5 Å². The zero-order valence-corrected chi connectivity index (χ0v) is 21.3. The molecule has 0 aliphatic heterocycles. The minimum absolute atomic E-state index is 0.0421. The number of benzene rings is 2. The lowest BCUT2D eigenvalue weighted by atomic mass is 9.83. The van der Waals surface area contributed by atoms with Gasteiger partial charge in [-0.15, -0.1) is 0 Å². The van der Waals surface area contributed by atoms with Crippen LogP contribution in [-0.4, -0.2) is 21.7 Å². The number of aromatic nitrogens is 2. The highest BCUT2D eigenvalue weighted by atomic mass is 35.5. The number of ether oxygens (including phenoxy) is 1. The fraction of sp³-hybridized carbons (Fsp3) is 0.379. The van der Waals surface area contributed by atoms with Crippen LogP contribution in [-0.2, 0) is 27.5 Å². The molecule has 1 unspecified atom stereocenters. The summed E-state index contributed by atoms with van der Waals surface area (Å²) < 4.78 is 6.72. The van der Waals surface area contributed by atoms with Gasteiger partial charge in [0.05, 0.1) is 18.4 Å². The van der Waals surface area contributed by atoms with Crippen LogP contribution in [0.2, 0.25) is 5.15 Å². The van der Waals surface area contributed by atoms with Crippen LogP contribution in [0.5, 0.6) is 0 Å². The minimum Gasteiger partial charge on any atom is -0.461 e. The molecule has 1 N–H and O–H groups in total. The summed E-state index contributed by atoms with van der Waals surface area (Å²) in [6.45, 7) is 0.509. The number of nitrogens with zero attached hydrogens (tertiary/aromatic N) is 2. The Morgan fingerprint density at radius 1 is 1.00 bits per heavy atom. The molecule has 1 aromatic heterocycles. The molecule has 2 aliphatic rings. The van der Waals surface area contributed by atoms with E-state index in [1.807, 2.05) is 48.5 Å². The SMILES string of the molecule is O=C(OCc1cccc(NC(=O)C(c2ccc(Cn3nc(Cl)ccc3=O)cc2)C2CCCC2)c1)C1CC1. The molecule has 5 rings (SSSR count). The molecule has 3 aromatic rings. The number of amides is 1. The highest BCUT2D eigenvalue weighted by molar-refractivity contribution is 6.29. The van der Waals surface area contributed by atoms with E-state index >= 15 is 0 Å². The lowest BCUT2D eigenvalue weighted by Gasteiger charge is -2.23. The number of rotatable bonds is 9. The standard InChI is InChI=1S/C29H30ClN3O4/c30-25-14-15-26(34)33(32-25)17-19-8-10-22(11-9-19)27(21-5-1-2-6-21)28(35)31-24-7-3-4-20(16-24)18-37-29(36)23-12-13-23/h3-4,7-11,14-16,21,23,27H,1-2,5-6,12-13,17-18H2,(H,31,35). The van der Waals surface area contributed by atoms with Gasteiger partial charge < -0.3 is 10.1 Å². The molecule has 2 fully saturated rings. The van der Waals surface area contributed by atoms with Crippen molar-refractivity contribution >= 4 is 29.2 Å². The van der Waals surface area contributed by atoms with Crippen LogP contribution in [0.25, 0.3) is 0 Å². The van der Waals surface area contributed by atoms with Gasteiger partial charge in [0.25, 0.3) is 5.56 Å². The first kappa shape index (κ1) is 25.2. The number of carbonyl (C=O) groups excluding carboxylic acids is 2. The average Bonchev–Trinajstić information content (AvgIpc) is 3.62. The topological polar surface area (TPSA) is 90.3 Å². The van der Waals surface area contributed by atoms with E-state index < -0.39 is 0 Å². The fourth-order valence-corrected chi connectivity index (χ4v) is 5.17. The molecule has 1 heterocycles. The third-order valence-electron chi connectivity index (χ3n) is 7.15. The third-order valence-corrected chi connectivity index (χ3v) is 7.35. The molecule has 2 aromatic carbocycles. The average molecular weight is 520 g/mol. The quantitative estimate of drug-likeness (QED) is 0.387. The highest BCUT2D eigenvalue weighted by Gasteiger charge is 2.33. The Bertz CT molecular complexity index is 1330. The Balaban J connectivity index is 1.29. The van der Waals surface area contributed by atoms with Crippen molar-refractivity contribution in [2.45, 2.75) is 57.6 Å². The molecule has 2 saturated carbocycles. The Hall–Kier alpha value is -3.45. The number of anilines is 1. The maximum Gasteiger partial charge on any atom is 0.309 e. The zero-order chi connectivity index (χ0) is 25.8. The number of esters is 1. The van der Waals surface area contributed by atoms with E-state index in [4.69, 9.17) is 16.3 Å². The predicted octanol–water partition coefficient (Wildman–Crippen LogP) is 5.31. The number of halogens is 1. The van der Waals surface area contributed by atoms with E-state index in [1.165, 1.54) is 16.8 Å². The van der Waals surface area contributed by atoms with Gasteiger partial charge in [0.15, 0.2) is 0 Å². The Morgan fingerprint density at radius 2 is 1.76 bits per heavy atom. The predicted molar refractivity (Wildman–Crippen MR) is 141 cm³/mol. The first-order valence-corrected chi connectivity index (χ1v) is 13.2. The molecular weight excluding hydrogens is 490 g/mol. The highest BCUT2D eigenvalue weighted by Crippen LogP contribution is 2.38. The van der Waals surface area contributed by atoms with Crippen LogP contribution in [0.3, 0.4) is 0 Å². The third kappa shape index (κ3) is 6.46. The number of hydrogen-bond acceptors (Lipinski definition) is 5. The molecular formula is C29H30ClN3O4. The Labute approximate surface area is 220 Å². The van der Waals surface area contributed by atoms with Crippen LogP contribution >= 0.6 is 11.6 Å². The zero-order valence-electron chi connectivity index (χ0n) is 20.6. The normalized spacial score (nSPS) is 16.4. The smallest absolute Gasteiger partial charge is 0.309 e. The molecule has 0 bridgehead atoms. The van der Waals surface area contributed by atoms with Crippen LogP contribution in [0.1, 0.15) is 61.1 Å². The molecule has 192 valence electrons. The van der Waals surface area contributed by atoms with Crippen molar-refractivity contribution < 1.29 is 14.3 Å². The van der Waals surface area contributed by atoms with E-state index in [9.17, 15) is 14.4 Å². The van der Waals surface area contributed by atoms with Gasteiger partial charge in [0, 0.05) is 11.8 Å². The number of hydrogen-bond donors (Lipinski definition) is 1. The second-order valence-electron chi connectivity index (χ2n) is 9.99. The summed E-state index contributed by atoms with van der Waals surface area (Å²) >= 11 is 5.94. The molecule has 1 amide bonds. The van der Waals surface area contributed by atoms with Gasteiger partial charge in [0.2, 0.25) is 5.91 Å². The van der Waals surface area contributed by atoms with Gasteiger partial charge in [-0.1, -0.05) is 60.8 Å². The fourth-order valence-electron chi connectivity index (χ4n) is 5.02. The Morgan fingerprint density at radius 3 is 2.49 bits per heavy atom. The molecule has 1 atom stereocenters. The van der Waals surface area contributed by atoms with Crippen LogP contribution in [0.4, 0.5) is 5.69 Å². The van der Waals surface area contributed by atoms with E-state index in [1.54, 1.807) is 0 Å². The van der Waals surface area contributed by atoms with Crippen molar-refractivity contribution in [2.75, 3.05) is 5.32 Å². The van der Waals surface area contributed by atoms with E-state index in [0.29, 0.717) is 12.2 Å². The second-order valence-corrected chi connectivity index (χ2v) is 10.4. The monoisotopic (exact) mass is 519 g/mol. The second kappa shape index (κ2) is 11.3. The van der Waals surface area contributed by atoms with Gasteiger partial charge in [-0.2, -0.15) is 5.10 Å². The van der Waals surface area contributed by atoms with Crippen molar-refractivity contribution in [1.82, 2.24) is 9.78 Å². The lowest BCUT2D eigenvalue weighted by Crippen LogP contribution is -2.26.